The third-order valence-electron chi connectivity index (χ3n) is 5.65. The zero-order valence-electron chi connectivity index (χ0n) is 20.2. The molecule has 0 bridgehead atoms. The van der Waals surface area contributed by atoms with Crippen LogP contribution in [0.1, 0.15) is 74.2 Å². The molecule has 1 N–H and O–H groups in total. The van der Waals surface area contributed by atoms with Crippen molar-refractivity contribution >= 4 is 5.97 Å². The average molecular weight is 467 g/mol. The van der Waals surface area contributed by atoms with E-state index < -0.39 is 5.97 Å². The Bertz CT molecular complexity index is 638. The van der Waals surface area contributed by atoms with Gasteiger partial charge in [0.2, 0.25) is 0 Å². The second-order valence-electron chi connectivity index (χ2n) is 8.46. The van der Waals surface area contributed by atoms with Crippen LogP contribution in [0, 0.1) is 0 Å². The van der Waals surface area contributed by atoms with Gasteiger partial charge in [0.25, 0.3) is 0 Å². The molecule has 1 heterocycles. The highest BCUT2D eigenvalue weighted by Crippen LogP contribution is 2.22. The minimum atomic E-state index is -0.982. The smallest absolute Gasteiger partial charge is 0.339 e. The van der Waals surface area contributed by atoms with E-state index >= 15 is 0 Å². The van der Waals surface area contributed by atoms with Crippen LogP contribution in [0.15, 0.2) is 18.2 Å². The molecule has 7 nitrogen and oxygen atoms in total. The number of hydrogen-bond donors (Lipinski definition) is 1. The molecule has 1 aliphatic rings. The number of unbranched alkanes of at least 4 members (excludes halogenated alkanes) is 7. The summed E-state index contributed by atoms with van der Waals surface area (Å²) < 4.78 is 28.1. The number of hydrogen-bond acceptors (Lipinski definition) is 6. The van der Waals surface area contributed by atoms with Crippen molar-refractivity contribution in [3.05, 3.63) is 29.3 Å². The van der Waals surface area contributed by atoms with E-state index in [2.05, 4.69) is 6.92 Å². The van der Waals surface area contributed by atoms with E-state index in [0.29, 0.717) is 52.0 Å². The van der Waals surface area contributed by atoms with Gasteiger partial charge in [-0.1, -0.05) is 57.9 Å². The molecule has 0 aromatic heterocycles. The first-order chi connectivity index (χ1) is 16.2. The number of ether oxygens (including phenoxy) is 5. The highest BCUT2D eigenvalue weighted by Gasteiger charge is 2.16. The molecule has 0 aliphatic carbocycles. The minimum Gasteiger partial charge on any atom is -0.490 e. The summed E-state index contributed by atoms with van der Waals surface area (Å²) in [5, 5.41) is 9.68. The minimum absolute atomic E-state index is 0.192. The summed E-state index contributed by atoms with van der Waals surface area (Å²) in [6.07, 6.45) is 10.6. The number of carboxylic acid groups (broad SMARTS) is 1. The second kappa shape index (κ2) is 17.8. The summed E-state index contributed by atoms with van der Waals surface area (Å²) in [5.41, 5.74) is 1.23. The van der Waals surface area contributed by atoms with Crippen molar-refractivity contribution in [2.75, 3.05) is 52.9 Å². The summed E-state index contributed by atoms with van der Waals surface area (Å²) in [6.45, 7) is 5.71. The highest BCUT2D eigenvalue weighted by atomic mass is 16.6. The Morgan fingerprint density at radius 1 is 0.909 bits per heavy atom. The van der Waals surface area contributed by atoms with Crippen molar-refractivity contribution in [1.29, 1.82) is 0 Å². The second-order valence-corrected chi connectivity index (χ2v) is 8.46. The van der Waals surface area contributed by atoms with E-state index in [1.807, 2.05) is 6.07 Å². The number of rotatable bonds is 13. The molecule has 7 heteroatoms. The van der Waals surface area contributed by atoms with Crippen LogP contribution in [-0.4, -0.2) is 70.0 Å². The van der Waals surface area contributed by atoms with E-state index in [-0.39, 0.29) is 18.3 Å². The van der Waals surface area contributed by atoms with Gasteiger partial charge in [-0.25, -0.2) is 4.79 Å². The molecule has 1 unspecified atom stereocenters. The van der Waals surface area contributed by atoms with Gasteiger partial charge in [-0.2, -0.15) is 0 Å². The summed E-state index contributed by atoms with van der Waals surface area (Å²) in [5.74, 6) is -0.624. The van der Waals surface area contributed by atoms with E-state index in [4.69, 9.17) is 23.7 Å². The maximum atomic E-state index is 11.8. The Morgan fingerprint density at radius 2 is 1.55 bits per heavy atom. The van der Waals surface area contributed by atoms with Gasteiger partial charge in [-0.05, 0) is 30.5 Å². The summed E-state index contributed by atoms with van der Waals surface area (Å²) in [7, 11) is 0. The lowest BCUT2D eigenvalue weighted by Gasteiger charge is -2.20. The fourth-order valence-corrected chi connectivity index (χ4v) is 3.74. The molecule has 1 saturated heterocycles. The SMILES string of the molecule is CCCCCCCCCCc1ccc(OCC2COCCOCCOCCO2)c(C(=O)O)c1. The van der Waals surface area contributed by atoms with Crippen LogP contribution in [0.4, 0.5) is 0 Å². The van der Waals surface area contributed by atoms with Gasteiger partial charge in [0.05, 0.1) is 46.2 Å². The first-order valence-corrected chi connectivity index (χ1v) is 12.5. The Hall–Kier alpha value is -1.67. The van der Waals surface area contributed by atoms with E-state index in [1.165, 1.54) is 44.9 Å². The van der Waals surface area contributed by atoms with Crippen molar-refractivity contribution in [3.63, 3.8) is 0 Å². The van der Waals surface area contributed by atoms with Crippen LogP contribution < -0.4 is 4.74 Å². The summed E-state index contributed by atoms with van der Waals surface area (Å²) >= 11 is 0. The Kier molecular flexibility index (Phi) is 14.8. The molecule has 33 heavy (non-hydrogen) atoms. The molecule has 1 aliphatic heterocycles. The van der Waals surface area contributed by atoms with Crippen LogP contribution in [0.5, 0.6) is 5.75 Å². The largest absolute Gasteiger partial charge is 0.490 e. The van der Waals surface area contributed by atoms with Gasteiger partial charge in [0.1, 0.15) is 24.0 Å². The Morgan fingerprint density at radius 3 is 2.24 bits per heavy atom. The first-order valence-electron chi connectivity index (χ1n) is 12.5. The van der Waals surface area contributed by atoms with Crippen LogP contribution in [0.2, 0.25) is 0 Å². The van der Waals surface area contributed by atoms with E-state index in [9.17, 15) is 9.90 Å². The molecule has 0 saturated carbocycles. The lowest BCUT2D eigenvalue weighted by molar-refractivity contribution is -0.0774. The Labute approximate surface area is 198 Å². The van der Waals surface area contributed by atoms with Crippen molar-refractivity contribution in [3.8, 4) is 5.75 Å². The van der Waals surface area contributed by atoms with Gasteiger partial charge in [0.15, 0.2) is 0 Å². The van der Waals surface area contributed by atoms with E-state index in [0.717, 1.165) is 18.4 Å². The topological polar surface area (TPSA) is 83.5 Å². The highest BCUT2D eigenvalue weighted by molar-refractivity contribution is 5.91. The molecule has 1 fully saturated rings. The predicted octanol–water partition coefficient (Wildman–Crippen LogP) is 4.90. The molecule has 0 radical (unpaired) electrons. The van der Waals surface area contributed by atoms with Crippen LogP contribution in [0.25, 0.3) is 0 Å². The lowest BCUT2D eigenvalue weighted by Crippen LogP contribution is -2.30. The van der Waals surface area contributed by atoms with E-state index in [1.54, 1.807) is 12.1 Å². The predicted molar refractivity (Wildman–Crippen MR) is 127 cm³/mol. The maximum Gasteiger partial charge on any atom is 0.339 e. The fourth-order valence-electron chi connectivity index (χ4n) is 3.74. The zero-order chi connectivity index (χ0) is 23.6. The van der Waals surface area contributed by atoms with Crippen molar-refractivity contribution in [1.82, 2.24) is 0 Å². The normalized spacial score (nSPS) is 18.3. The van der Waals surface area contributed by atoms with Gasteiger partial charge in [-0.3, -0.25) is 0 Å². The third kappa shape index (κ3) is 12.4. The molecule has 0 spiro atoms. The van der Waals surface area contributed by atoms with Crippen LogP contribution in [0.3, 0.4) is 0 Å². The monoisotopic (exact) mass is 466 g/mol. The number of aromatic carboxylic acids is 1. The van der Waals surface area contributed by atoms with Gasteiger partial charge in [0, 0.05) is 0 Å². The van der Waals surface area contributed by atoms with Crippen molar-refractivity contribution < 1.29 is 33.6 Å². The summed E-state index contributed by atoms with van der Waals surface area (Å²) in [6, 6.07) is 5.46. The Balaban J connectivity index is 1.80. The summed E-state index contributed by atoms with van der Waals surface area (Å²) in [4.78, 5) is 11.8. The van der Waals surface area contributed by atoms with Crippen LogP contribution in [-0.2, 0) is 25.4 Å². The molecule has 188 valence electrons. The molecule has 1 atom stereocenters. The average Bonchev–Trinajstić information content (AvgIpc) is 2.80. The molecule has 1 aromatic carbocycles. The van der Waals surface area contributed by atoms with Gasteiger partial charge >= 0.3 is 5.97 Å². The zero-order valence-corrected chi connectivity index (χ0v) is 20.2. The first kappa shape index (κ1) is 27.6. The lowest BCUT2D eigenvalue weighted by atomic mass is 10.0. The number of benzene rings is 1. The molecule has 0 amide bonds. The quantitative estimate of drug-likeness (QED) is 0.414. The fraction of sp³-hybridized carbons (Fsp3) is 0.731. The molecular weight excluding hydrogens is 424 g/mol. The standard InChI is InChI=1S/C26H42O7/c1-2-3-4-5-6-7-8-9-10-22-11-12-25(24(19-22)26(27)28)33-21-23-20-31-16-15-29-13-14-30-17-18-32-23/h11-12,19,23H,2-10,13-18,20-21H2,1H3,(H,27,28). The maximum absolute atomic E-state index is 11.8. The number of aryl methyl sites for hydroxylation is 1. The molecular formula is C26H42O7. The van der Waals surface area contributed by atoms with Gasteiger partial charge in [-0.15, -0.1) is 0 Å². The van der Waals surface area contributed by atoms with Crippen LogP contribution >= 0.6 is 0 Å². The number of carboxylic acids is 1. The van der Waals surface area contributed by atoms with Crippen molar-refractivity contribution in [2.45, 2.75) is 70.8 Å². The van der Waals surface area contributed by atoms with Crippen molar-refractivity contribution in [2.24, 2.45) is 0 Å². The number of carbonyl (C=O) groups is 1. The third-order valence-corrected chi connectivity index (χ3v) is 5.65. The molecule has 1 aromatic rings. The van der Waals surface area contributed by atoms with Gasteiger partial charge < -0.3 is 28.8 Å². The molecule has 2 rings (SSSR count).